The Hall–Kier alpha value is -2.09. The summed E-state index contributed by atoms with van der Waals surface area (Å²) in [6.07, 6.45) is 0.439. The number of nitrogens with zero attached hydrogens (tertiary/aromatic N) is 1. The summed E-state index contributed by atoms with van der Waals surface area (Å²) in [5, 5.41) is 8.72. The molecule has 0 bridgehead atoms. The van der Waals surface area contributed by atoms with Gasteiger partial charge in [-0.2, -0.15) is 0 Å². The molecule has 0 unspecified atom stereocenters. The van der Waals surface area contributed by atoms with Crippen LogP contribution in [0, 0.1) is 0 Å². The number of imide groups is 1. The molecule has 3 rings (SSSR count). The Kier molecular flexibility index (Phi) is 5.80. The third-order valence-corrected chi connectivity index (χ3v) is 5.33. The lowest BCUT2D eigenvalue weighted by Gasteiger charge is -2.22. The molecule has 9 heteroatoms. The molecule has 0 aliphatic carbocycles. The number of amides is 4. The minimum absolute atomic E-state index is 0.150. The van der Waals surface area contributed by atoms with Crippen molar-refractivity contribution < 1.29 is 14.4 Å². The first-order valence-corrected chi connectivity index (χ1v) is 9.47. The van der Waals surface area contributed by atoms with Crippen LogP contribution in [-0.4, -0.2) is 28.8 Å². The van der Waals surface area contributed by atoms with Gasteiger partial charge in [0.05, 0.1) is 5.00 Å². The van der Waals surface area contributed by atoms with E-state index in [0.717, 1.165) is 4.90 Å². The largest absolute Gasteiger partial charge is 0.350 e. The van der Waals surface area contributed by atoms with Crippen LogP contribution in [0.1, 0.15) is 18.4 Å². The standard InChI is InChI=1S/C17H15Cl2N3O3S/c18-11-4-3-10(12(19)8-11)9-20-16(24)13-5-6-15(23)22(13)17(25)21-14-2-1-7-26-14/h1-4,7-8,13H,5-6,9H2,(H,20,24)(H,21,25)/t13-/m0/s1. The zero-order chi connectivity index (χ0) is 18.7. The van der Waals surface area contributed by atoms with E-state index in [0.29, 0.717) is 20.6 Å². The van der Waals surface area contributed by atoms with Crippen molar-refractivity contribution in [2.24, 2.45) is 0 Å². The Balaban J connectivity index is 1.65. The summed E-state index contributed by atoms with van der Waals surface area (Å²) >= 11 is 13.3. The molecule has 1 aliphatic heterocycles. The summed E-state index contributed by atoms with van der Waals surface area (Å²) in [6, 6.07) is 7.05. The normalized spacial score (nSPS) is 16.6. The lowest BCUT2D eigenvalue weighted by atomic mass is 10.2. The number of thiophene rings is 1. The predicted molar refractivity (Wildman–Crippen MR) is 102 cm³/mol. The van der Waals surface area contributed by atoms with E-state index in [2.05, 4.69) is 10.6 Å². The second-order valence-corrected chi connectivity index (χ2v) is 7.47. The SMILES string of the molecule is O=C(NCc1ccc(Cl)cc1Cl)[C@@H]1CCC(=O)N1C(=O)Nc1cccs1. The first-order chi connectivity index (χ1) is 12.5. The maximum Gasteiger partial charge on any atom is 0.329 e. The van der Waals surface area contributed by atoms with Crippen molar-refractivity contribution in [3.63, 3.8) is 0 Å². The Morgan fingerprint density at radius 2 is 2.08 bits per heavy atom. The van der Waals surface area contributed by atoms with Gasteiger partial charge in [-0.05, 0) is 41.6 Å². The Morgan fingerprint density at radius 3 is 2.77 bits per heavy atom. The molecule has 1 saturated heterocycles. The topological polar surface area (TPSA) is 78.5 Å². The maximum absolute atomic E-state index is 12.5. The number of hydrogen-bond acceptors (Lipinski definition) is 4. The molecule has 1 fully saturated rings. The number of urea groups is 1. The molecule has 2 aromatic rings. The highest BCUT2D eigenvalue weighted by atomic mass is 35.5. The quantitative estimate of drug-likeness (QED) is 0.800. The summed E-state index contributed by atoms with van der Waals surface area (Å²) in [6.45, 7) is 0.180. The number of likely N-dealkylation sites (tertiary alicyclic amines) is 1. The fraction of sp³-hybridized carbons (Fsp3) is 0.235. The predicted octanol–water partition coefficient (Wildman–Crippen LogP) is 3.89. The van der Waals surface area contributed by atoms with Gasteiger partial charge in [0.2, 0.25) is 11.8 Å². The third kappa shape index (κ3) is 4.17. The van der Waals surface area contributed by atoms with Crippen molar-refractivity contribution in [2.75, 3.05) is 5.32 Å². The van der Waals surface area contributed by atoms with Gasteiger partial charge in [0.15, 0.2) is 0 Å². The van der Waals surface area contributed by atoms with E-state index in [9.17, 15) is 14.4 Å². The highest BCUT2D eigenvalue weighted by Gasteiger charge is 2.40. The molecule has 1 aliphatic rings. The molecule has 1 aromatic carbocycles. The zero-order valence-electron chi connectivity index (χ0n) is 13.5. The van der Waals surface area contributed by atoms with E-state index in [4.69, 9.17) is 23.2 Å². The van der Waals surface area contributed by atoms with Crippen molar-refractivity contribution in [1.29, 1.82) is 0 Å². The third-order valence-electron chi connectivity index (χ3n) is 3.95. The molecule has 2 N–H and O–H groups in total. The second-order valence-electron chi connectivity index (χ2n) is 5.68. The highest BCUT2D eigenvalue weighted by molar-refractivity contribution is 7.14. The van der Waals surface area contributed by atoms with Crippen LogP contribution in [0.2, 0.25) is 10.0 Å². The van der Waals surface area contributed by atoms with Crippen LogP contribution in [0.4, 0.5) is 9.80 Å². The first kappa shape index (κ1) is 18.7. The fourth-order valence-corrected chi connectivity index (χ4v) is 3.75. The summed E-state index contributed by atoms with van der Waals surface area (Å²) in [4.78, 5) is 38.0. The van der Waals surface area contributed by atoms with Crippen LogP contribution in [-0.2, 0) is 16.1 Å². The Morgan fingerprint density at radius 1 is 1.27 bits per heavy atom. The summed E-state index contributed by atoms with van der Waals surface area (Å²) in [5.41, 5.74) is 0.698. The molecule has 2 heterocycles. The average Bonchev–Trinajstić information content (AvgIpc) is 3.23. The van der Waals surface area contributed by atoms with Gasteiger partial charge in [-0.1, -0.05) is 29.3 Å². The summed E-state index contributed by atoms with van der Waals surface area (Å²) < 4.78 is 0. The molecule has 4 amide bonds. The average molecular weight is 412 g/mol. The molecule has 0 spiro atoms. The monoisotopic (exact) mass is 411 g/mol. The number of carbonyl (C=O) groups excluding carboxylic acids is 3. The van der Waals surface area contributed by atoms with Gasteiger partial charge in [-0.3, -0.25) is 19.8 Å². The first-order valence-electron chi connectivity index (χ1n) is 7.84. The van der Waals surface area contributed by atoms with Gasteiger partial charge in [0.25, 0.3) is 0 Å². The van der Waals surface area contributed by atoms with E-state index >= 15 is 0 Å². The van der Waals surface area contributed by atoms with E-state index in [-0.39, 0.29) is 25.3 Å². The lowest BCUT2D eigenvalue weighted by Crippen LogP contribution is -2.48. The van der Waals surface area contributed by atoms with Crippen LogP contribution in [0.5, 0.6) is 0 Å². The molecular weight excluding hydrogens is 397 g/mol. The molecule has 26 heavy (non-hydrogen) atoms. The minimum Gasteiger partial charge on any atom is -0.350 e. The Labute approximate surface area is 164 Å². The Bertz CT molecular complexity index is 842. The van der Waals surface area contributed by atoms with Gasteiger partial charge in [-0.25, -0.2) is 4.79 Å². The molecule has 0 saturated carbocycles. The minimum atomic E-state index is -0.839. The number of rotatable bonds is 4. The van der Waals surface area contributed by atoms with Crippen molar-refractivity contribution >= 4 is 57.4 Å². The number of benzene rings is 1. The van der Waals surface area contributed by atoms with E-state index in [1.807, 2.05) is 5.38 Å². The van der Waals surface area contributed by atoms with E-state index < -0.39 is 18.0 Å². The molecular formula is C17H15Cl2N3O3S. The number of nitrogens with one attached hydrogen (secondary N) is 2. The van der Waals surface area contributed by atoms with Crippen LogP contribution in [0.3, 0.4) is 0 Å². The van der Waals surface area contributed by atoms with E-state index in [1.54, 1.807) is 30.3 Å². The molecule has 6 nitrogen and oxygen atoms in total. The number of carbonyl (C=O) groups is 3. The smallest absolute Gasteiger partial charge is 0.329 e. The van der Waals surface area contributed by atoms with Gasteiger partial charge >= 0.3 is 6.03 Å². The number of hydrogen-bond donors (Lipinski definition) is 2. The van der Waals surface area contributed by atoms with Crippen LogP contribution in [0.15, 0.2) is 35.7 Å². The van der Waals surface area contributed by atoms with Crippen LogP contribution >= 0.6 is 34.5 Å². The number of anilines is 1. The van der Waals surface area contributed by atoms with E-state index in [1.165, 1.54) is 11.3 Å². The zero-order valence-corrected chi connectivity index (χ0v) is 15.8. The summed E-state index contributed by atoms with van der Waals surface area (Å²) in [5.74, 6) is -0.771. The van der Waals surface area contributed by atoms with Crippen molar-refractivity contribution in [3.05, 3.63) is 51.3 Å². The molecule has 0 radical (unpaired) electrons. The van der Waals surface area contributed by atoms with Crippen molar-refractivity contribution in [3.8, 4) is 0 Å². The van der Waals surface area contributed by atoms with Gasteiger partial charge in [0, 0.05) is 23.0 Å². The van der Waals surface area contributed by atoms with Gasteiger partial charge in [-0.15, -0.1) is 11.3 Å². The fourth-order valence-electron chi connectivity index (χ4n) is 2.67. The maximum atomic E-state index is 12.5. The van der Waals surface area contributed by atoms with Gasteiger partial charge < -0.3 is 5.32 Å². The molecule has 136 valence electrons. The molecule has 1 aromatic heterocycles. The second kappa shape index (κ2) is 8.07. The van der Waals surface area contributed by atoms with Crippen molar-refractivity contribution in [1.82, 2.24) is 10.2 Å². The van der Waals surface area contributed by atoms with Crippen LogP contribution < -0.4 is 10.6 Å². The summed E-state index contributed by atoms with van der Waals surface area (Å²) in [7, 11) is 0. The molecule has 1 atom stereocenters. The van der Waals surface area contributed by atoms with Crippen LogP contribution in [0.25, 0.3) is 0 Å². The lowest BCUT2D eigenvalue weighted by molar-refractivity contribution is -0.132. The van der Waals surface area contributed by atoms with Gasteiger partial charge in [0.1, 0.15) is 6.04 Å². The highest BCUT2D eigenvalue weighted by Crippen LogP contribution is 2.24. The number of halogens is 2. The van der Waals surface area contributed by atoms with Crippen molar-refractivity contribution in [2.45, 2.75) is 25.4 Å².